The van der Waals surface area contributed by atoms with Crippen molar-refractivity contribution in [2.45, 2.75) is 18.9 Å². The number of nitrogens with zero attached hydrogens (tertiary/aromatic N) is 1. The third kappa shape index (κ3) is 3.61. The number of nitrogens with one attached hydrogen (secondary N) is 2. The minimum atomic E-state index is -1.24. The molecule has 0 unspecified atom stereocenters. The quantitative estimate of drug-likeness (QED) is 0.595. The number of rotatable bonds is 5. The Hall–Kier alpha value is -3.19. The molecule has 6 nitrogen and oxygen atoms in total. The molecule has 1 aliphatic rings. The van der Waals surface area contributed by atoms with Crippen molar-refractivity contribution in [2.75, 3.05) is 0 Å². The largest absolute Gasteiger partial charge is 0.344 e. The zero-order valence-electron chi connectivity index (χ0n) is 14.9. The molecule has 0 radical (unpaired) electrons. The van der Waals surface area contributed by atoms with E-state index in [1.54, 1.807) is 37.3 Å². The summed E-state index contributed by atoms with van der Waals surface area (Å²) in [5, 5.41) is 3.26. The summed E-state index contributed by atoms with van der Waals surface area (Å²) >= 11 is 5.70. The highest BCUT2D eigenvalue weighted by atomic mass is 35.5. The van der Waals surface area contributed by atoms with Crippen molar-refractivity contribution in [3.05, 3.63) is 76.6 Å². The van der Waals surface area contributed by atoms with Gasteiger partial charge in [0.05, 0.1) is 5.02 Å². The molecule has 2 N–H and O–H groups in total. The van der Waals surface area contributed by atoms with Crippen molar-refractivity contribution < 1.29 is 18.8 Å². The summed E-state index contributed by atoms with van der Waals surface area (Å²) in [5.74, 6) is -1.83. The summed E-state index contributed by atoms with van der Waals surface area (Å²) in [6.07, 6.45) is 2.83. The Kier molecular flexibility index (Phi) is 5.46. The Balaban J connectivity index is 1.76. The maximum Gasteiger partial charge on any atom is 0.344 e. The van der Waals surface area contributed by atoms with Gasteiger partial charge in [-0.1, -0.05) is 54.9 Å². The normalized spacial score (nSPS) is 19.2. The van der Waals surface area contributed by atoms with E-state index < -0.39 is 29.2 Å². The molecule has 2 aromatic rings. The van der Waals surface area contributed by atoms with E-state index in [1.165, 1.54) is 24.3 Å². The number of hydrazine groups is 1. The predicted molar refractivity (Wildman–Crippen MR) is 102 cm³/mol. The Morgan fingerprint density at radius 1 is 1.25 bits per heavy atom. The molecule has 8 heteroatoms. The van der Waals surface area contributed by atoms with Crippen LogP contribution in [0.25, 0.3) is 6.08 Å². The van der Waals surface area contributed by atoms with Crippen LogP contribution >= 0.6 is 11.6 Å². The minimum absolute atomic E-state index is 0.0766. The smallest absolute Gasteiger partial charge is 0.318 e. The minimum Gasteiger partial charge on any atom is -0.318 e. The van der Waals surface area contributed by atoms with Crippen molar-refractivity contribution in [3.63, 3.8) is 0 Å². The Labute approximate surface area is 165 Å². The van der Waals surface area contributed by atoms with Crippen molar-refractivity contribution in [3.8, 4) is 0 Å². The Morgan fingerprint density at radius 3 is 2.61 bits per heavy atom. The first-order chi connectivity index (χ1) is 13.4. The van der Waals surface area contributed by atoms with Crippen LogP contribution in [0.1, 0.15) is 24.5 Å². The van der Waals surface area contributed by atoms with Gasteiger partial charge in [0, 0.05) is 6.08 Å². The van der Waals surface area contributed by atoms with Crippen LogP contribution < -0.4 is 10.7 Å². The molecule has 0 spiro atoms. The number of amides is 4. The standard InChI is InChI=1S/C20H17ClFN3O3/c1-2-20(14-6-4-3-5-7-14)18(27)25(19(28)23-20)24-17(26)11-9-13-8-10-16(22)15(21)12-13/h3-12H,2H2,1H3,(H,23,28)(H,24,26)/b11-9+/t20-/m0/s1. The van der Waals surface area contributed by atoms with E-state index in [-0.39, 0.29) is 5.02 Å². The molecule has 1 heterocycles. The van der Waals surface area contributed by atoms with Gasteiger partial charge in [0.2, 0.25) is 0 Å². The monoisotopic (exact) mass is 401 g/mol. The first kappa shape index (κ1) is 19.6. The lowest BCUT2D eigenvalue weighted by atomic mass is 9.87. The molecule has 144 valence electrons. The van der Waals surface area contributed by atoms with Gasteiger partial charge in [0.15, 0.2) is 0 Å². The van der Waals surface area contributed by atoms with Crippen molar-refractivity contribution in [1.82, 2.24) is 15.8 Å². The van der Waals surface area contributed by atoms with Crippen LogP contribution in [-0.2, 0) is 15.1 Å². The molecule has 2 aromatic carbocycles. The fourth-order valence-corrected chi connectivity index (χ4v) is 3.16. The average molecular weight is 402 g/mol. The molecule has 1 saturated heterocycles. The average Bonchev–Trinajstić information content (AvgIpc) is 2.94. The lowest BCUT2D eigenvalue weighted by Crippen LogP contribution is -2.48. The van der Waals surface area contributed by atoms with Crippen LogP contribution in [0.2, 0.25) is 5.02 Å². The summed E-state index contributed by atoms with van der Waals surface area (Å²) in [4.78, 5) is 37.4. The molecule has 0 aliphatic carbocycles. The maximum atomic E-state index is 13.2. The summed E-state index contributed by atoms with van der Waals surface area (Å²) in [6.45, 7) is 1.77. The van der Waals surface area contributed by atoms with E-state index in [4.69, 9.17) is 11.6 Å². The molecular weight excluding hydrogens is 385 g/mol. The molecule has 1 atom stereocenters. The van der Waals surface area contributed by atoms with Gasteiger partial charge in [0.25, 0.3) is 11.8 Å². The van der Waals surface area contributed by atoms with Crippen LogP contribution in [-0.4, -0.2) is 22.9 Å². The Bertz CT molecular complexity index is 964. The van der Waals surface area contributed by atoms with E-state index >= 15 is 0 Å². The third-order valence-electron chi connectivity index (χ3n) is 4.48. The van der Waals surface area contributed by atoms with Gasteiger partial charge >= 0.3 is 6.03 Å². The topological polar surface area (TPSA) is 78.5 Å². The van der Waals surface area contributed by atoms with Gasteiger partial charge < -0.3 is 5.32 Å². The molecule has 1 fully saturated rings. The van der Waals surface area contributed by atoms with Gasteiger partial charge in [0.1, 0.15) is 11.4 Å². The van der Waals surface area contributed by atoms with Gasteiger partial charge in [-0.05, 0) is 35.8 Å². The maximum absolute atomic E-state index is 13.2. The highest BCUT2D eigenvalue weighted by molar-refractivity contribution is 6.30. The van der Waals surface area contributed by atoms with Gasteiger partial charge in [-0.3, -0.25) is 15.0 Å². The molecule has 1 aliphatic heterocycles. The second kappa shape index (κ2) is 7.82. The molecular formula is C20H17ClFN3O3. The van der Waals surface area contributed by atoms with Crippen LogP contribution in [0, 0.1) is 5.82 Å². The van der Waals surface area contributed by atoms with E-state index in [0.29, 0.717) is 22.6 Å². The zero-order valence-corrected chi connectivity index (χ0v) is 15.7. The second-order valence-electron chi connectivity index (χ2n) is 6.18. The van der Waals surface area contributed by atoms with Crippen LogP contribution in [0.5, 0.6) is 0 Å². The summed E-state index contributed by atoms with van der Waals surface area (Å²) in [6, 6.07) is 12.1. The highest BCUT2D eigenvalue weighted by Crippen LogP contribution is 2.31. The zero-order chi connectivity index (χ0) is 20.3. The molecule has 28 heavy (non-hydrogen) atoms. The number of hydrogen-bond acceptors (Lipinski definition) is 3. The van der Waals surface area contributed by atoms with E-state index in [1.807, 2.05) is 0 Å². The number of benzene rings is 2. The highest BCUT2D eigenvalue weighted by Gasteiger charge is 2.52. The molecule has 3 rings (SSSR count). The van der Waals surface area contributed by atoms with Crippen LogP contribution in [0.15, 0.2) is 54.6 Å². The number of carbonyl (C=O) groups excluding carboxylic acids is 3. The lowest BCUT2D eigenvalue weighted by Gasteiger charge is -2.25. The third-order valence-corrected chi connectivity index (χ3v) is 4.77. The van der Waals surface area contributed by atoms with Crippen LogP contribution in [0.4, 0.5) is 9.18 Å². The van der Waals surface area contributed by atoms with Crippen LogP contribution in [0.3, 0.4) is 0 Å². The summed E-state index contributed by atoms with van der Waals surface area (Å²) < 4.78 is 13.2. The first-order valence-corrected chi connectivity index (χ1v) is 8.91. The van der Waals surface area contributed by atoms with Gasteiger partial charge in [-0.15, -0.1) is 0 Å². The number of halogens is 2. The van der Waals surface area contributed by atoms with Gasteiger partial charge in [-0.25, -0.2) is 9.18 Å². The van der Waals surface area contributed by atoms with Crippen molar-refractivity contribution in [1.29, 1.82) is 0 Å². The molecule has 0 bridgehead atoms. The number of urea groups is 1. The number of hydrogen-bond donors (Lipinski definition) is 2. The van der Waals surface area contributed by atoms with Crippen molar-refractivity contribution >= 4 is 35.5 Å². The first-order valence-electron chi connectivity index (χ1n) is 8.53. The lowest BCUT2D eigenvalue weighted by molar-refractivity contribution is -0.138. The molecule has 0 saturated carbocycles. The SMILES string of the molecule is CC[C@@]1(c2ccccc2)NC(=O)N(NC(=O)/C=C/c2ccc(F)c(Cl)c2)C1=O. The molecule has 0 aromatic heterocycles. The van der Waals surface area contributed by atoms with Gasteiger partial charge in [-0.2, -0.15) is 5.01 Å². The number of imide groups is 1. The summed E-state index contributed by atoms with van der Waals surface area (Å²) in [5.41, 5.74) is 2.16. The number of carbonyl (C=O) groups is 3. The fourth-order valence-electron chi connectivity index (χ4n) is 2.97. The van der Waals surface area contributed by atoms with E-state index in [9.17, 15) is 18.8 Å². The van der Waals surface area contributed by atoms with E-state index in [2.05, 4.69) is 10.7 Å². The summed E-state index contributed by atoms with van der Waals surface area (Å²) in [7, 11) is 0. The fraction of sp³-hybridized carbons (Fsp3) is 0.150. The predicted octanol–water partition coefficient (Wildman–Crippen LogP) is 3.38. The van der Waals surface area contributed by atoms with Crippen molar-refractivity contribution in [2.24, 2.45) is 0 Å². The molecule has 4 amide bonds. The second-order valence-corrected chi connectivity index (χ2v) is 6.59. The van der Waals surface area contributed by atoms with E-state index in [0.717, 1.165) is 6.08 Å². The Morgan fingerprint density at radius 2 is 1.96 bits per heavy atom.